The standard InChI is InChI=1S/C34H43NO4.C5H10FN.C3H8/c1-6-11-24-20-33(22(4)19-25(24)21-35-30(8-3)34(36)37)39-32-17-16-28-27(13-9-14-29(28)32)26-12-10-15-31(23(26)5)38-18-7-2;6-5-1-3-7-4-2-5;1-3-2/h9-10,12-15,19-20,30,32,35H,6-8,11,16-18,21H2,1-5H3,(H,36,37);5,7H,1-4H2;3H2,1-2H3/t30?,32-;;/m0../s1. The number of rotatable bonds is 13. The predicted octanol–water partition coefficient (Wildman–Crippen LogP) is 9.86. The molecule has 2 aliphatic rings. The van der Waals surface area contributed by atoms with E-state index in [2.05, 4.69) is 101 Å². The van der Waals surface area contributed by atoms with E-state index in [1.807, 2.05) is 6.92 Å². The van der Waals surface area contributed by atoms with Gasteiger partial charge in [0.1, 0.15) is 29.8 Å². The first kappa shape index (κ1) is 40.0. The number of aryl methyl sites for hydroxylation is 2. The Balaban J connectivity index is 0.000000562. The van der Waals surface area contributed by atoms with Gasteiger partial charge in [-0.15, -0.1) is 0 Å². The Morgan fingerprint density at radius 1 is 0.939 bits per heavy atom. The first-order chi connectivity index (χ1) is 23.7. The van der Waals surface area contributed by atoms with Crippen molar-refractivity contribution in [3.8, 4) is 22.6 Å². The van der Waals surface area contributed by atoms with E-state index in [1.165, 1.54) is 39.8 Å². The first-order valence-electron chi connectivity index (χ1n) is 18.6. The Hall–Kier alpha value is -3.42. The molecule has 1 heterocycles. The van der Waals surface area contributed by atoms with Gasteiger partial charge in [-0.1, -0.05) is 83.9 Å². The highest BCUT2D eigenvalue weighted by molar-refractivity contribution is 5.75. The number of benzene rings is 3. The lowest BCUT2D eigenvalue weighted by Crippen LogP contribution is -2.35. The SMILES string of the molecule is CCC.CCCOc1cccc(-c2cccc3c2CC[C@@H]3Oc2cc(CCC)c(CNC(CC)C(=O)O)cc2C)c1C.FC1CCNCC1. The summed E-state index contributed by atoms with van der Waals surface area (Å²) in [6, 6.07) is 16.7. The molecule has 3 aromatic carbocycles. The molecule has 0 aromatic heterocycles. The zero-order valence-corrected chi connectivity index (χ0v) is 31.1. The summed E-state index contributed by atoms with van der Waals surface area (Å²) >= 11 is 0. The highest BCUT2D eigenvalue weighted by atomic mass is 19.1. The van der Waals surface area contributed by atoms with Crippen LogP contribution in [0.2, 0.25) is 0 Å². The third-order valence-corrected chi connectivity index (χ3v) is 9.05. The van der Waals surface area contributed by atoms with Crippen LogP contribution in [0, 0.1) is 13.8 Å². The van der Waals surface area contributed by atoms with Crippen molar-refractivity contribution in [1.29, 1.82) is 0 Å². The Morgan fingerprint density at radius 2 is 1.63 bits per heavy atom. The first-order valence-corrected chi connectivity index (χ1v) is 18.6. The molecule has 3 aromatic rings. The summed E-state index contributed by atoms with van der Waals surface area (Å²) in [5.41, 5.74) is 9.76. The molecule has 6 nitrogen and oxygen atoms in total. The van der Waals surface area contributed by atoms with E-state index in [0.29, 0.717) is 25.8 Å². The molecular formula is C42H61FN2O4. The Labute approximate surface area is 295 Å². The van der Waals surface area contributed by atoms with Crippen LogP contribution in [0.3, 0.4) is 0 Å². The average Bonchev–Trinajstić information content (AvgIpc) is 3.50. The number of hydrogen-bond donors (Lipinski definition) is 3. The van der Waals surface area contributed by atoms with Gasteiger partial charge < -0.3 is 25.2 Å². The molecule has 49 heavy (non-hydrogen) atoms. The number of carbonyl (C=O) groups is 1. The van der Waals surface area contributed by atoms with Crippen LogP contribution in [0.1, 0.15) is 119 Å². The number of halogens is 1. The number of nitrogens with one attached hydrogen (secondary N) is 2. The molecule has 1 fully saturated rings. The number of carboxylic acid groups (broad SMARTS) is 1. The summed E-state index contributed by atoms with van der Waals surface area (Å²) < 4.78 is 24.9. The van der Waals surface area contributed by atoms with Crippen LogP contribution < -0.4 is 20.1 Å². The summed E-state index contributed by atoms with van der Waals surface area (Å²) in [5.74, 6) is 1.07. The van der Waals surface area contributed by atoms with E-state index in [-0.39, 0.29) is 6.10 Å². The summed E-state index contributed by atoms with van der Waals surface area (Å²) in [5, 5.41) is 15.7. The zero-order valence-electron chi connectivity index (χ0n) is 31.1. The lowest BCUT2D eigenvalue weighted by Gasteiger charge is -2.21. The molecule has 0 bridgehead atoms. The van der Waals surface area contributed by atoms with Gasteiger partial charge >= 0.3 is 5.97 Å². The Bertz CT molecular complexity index is 1450. The van der Waals surface area contributed by atoms with E-state index in [9.17, 15) is 14.3 Å². The second-order valence-corrected chi connectivity index (χ2v) is 13.2. The van der Waals surface area contributed by atoms with E-state index in [1.54, 1.807) is 0 Å². The van der Waals surface area contributed by atoms with Crippen LogP contribution in [0.25, 0.3) is 11.1 Å². The molecule has 0 spiro atoms. The van der Waals surface area contributed by atoms with Crippen LogP contribution in [-0.4, -0.2) is 43.0 Å². The number of aliphatic carboxylic acids is 1. The number of carboxylic acids is 1. The largest absolute Gasteiger partial charge is 0.493 e. The van der Waals surface area contributed by atoms with Crippen LogP contribution in [0.15, 0.2) is 48.5 Å². The number of alkyl halides is 1. The third-order valence-electron chi connectivity index (χ3n) is 9.05. The zero-order chi connectivity index (χ0) is 35.8. The molecule has 1 aliphatic heterocycles. The molecule has 1 unspecified atom stereocenters. The van der Waals surface area contributed by atoms with E-state index < -0.39 is 18.2 Å². The maximum atomic E-state index is 12.1. The number of ether oxygens (including phenoxy) is 2. The summed E-state index contributed by atoms with van der Waals surface area (Å²) in [6.45, 7) is 17.7. The molecule has 0 saturated carbocycles. The second kappa shape index (κ2) is 20.9. The lowest BCUT2D eigenvalue weighted by atomic mass is 9.93. The smallest absolute Gasteiger partial charge is 0.320 e. The molecule has 1 aliphatic carbocycles. The van der Waals surface area contributed by atoms with Gasteiger partial charge in [-0.25, -0.2) is 4.39 Å². The van der Waals surface area contributed by atoms with Crippen molar-refractivity contribution < 1.29 is 23.8 Å². The minimum absolute atomic E-state index is 0.00779. The number of piperidine rings is 1. The molecule has 7 heteroatoms. The highest BCUT2D eigenvalue weighted by Gasteiger charge is 2.28. The van der Waals surface area contributed by atoms with Gasteiger partial charge in [0, 0.05) is 6.54 Å². The number of hydrogen-bond acceptors (Lipinski definition) is 5. The molecule has 2 atom stereocenters. The van der Waals surface area contributed by atoms with Gasteiger partial charge in [0.2, 0.25) is 0 Å². The average molecular weight is 677 g/mol. The molecule has 0 amide bonds. The van der Waals surface area contributed by atoms with Gasteiger partial charge in [-0.05, 0) is 129 Å². The molecule has 0 radical (unpaired) electrons. The Morgan fingerprint density at radius 3 is 2.24 bits per heavy atom. The van der Waals surface area contributed by atoms with E-state index in [0.717, 1.165) is 74.4 Å². The fourth-order valence-corrected chi connectivity index (χ4v) is 6.43. The van der Waals surface area contributed by atoms with Gasteiger partial charge in [-0.2, -0.15) is 0 Å². The van der Waals surface area contributed by atoms with Crippen LogP contribution in [-0.2, 0) is 24.2 Å². The molecule has 1 saturated heterocycles. The van der Waals surface area contributed by atoms with Gasteiger partial charge in [0.25, 0.3) is 0 Å². The minimum Gasteiger partial charge on any atom is -0.493 e. The van der Waals surface area contributed by atoms with Crippen LogP contribution in [0.4, 0.5) is 4.39 Å². The van der Waals surface area contributed by atoms with Gasteiger partial charge in [0.15, 0.2) is 0 Å². The van der Waals surface area contributed by atoms with Crippen molar-refractivity contribution in [2.45, 2.75) is 131 Å². The van der Waals surface area contributed by atoms with Gasteiger partial charge in [0.05, 0.1) is 6.61 Å². The molecular weight excluding hydrogens is 615 g/mol. The third kappa shape index (κ3) is 11.6. The molecule has 3 N–H and O–H groups in total. The maximum Gasteiger partial charge on any atom is 0.320 e. The summed E-state index contributed by atoms with van der Waals surface area (Å²) in [4.78, 5) is 11.5. The van der Waals surface area contributed by atoms with Gasteiger partial charge in [-0.3, -0.25) is 4.79 Å². The highest BCUT2D eigenvalue weighted by Crippen LogP contribution is 2.42. The fraction of sp³-hybridized carbons (Fsp3) is 0.548. The molecule has 270 valence electrons. The van der Waals surface area contributed by atoms with Crippen molar-refractivity contribution in [3.05, 3.63) is 81.9 Å². The van der Waals surface area contributed by atoms with Crippen molar-refractivity contribution in [3.63, 3.8) is 0 Å². The molecule has 5 rings (SSSR count). The maximum absolute atomic E-state index is 12.1. The predicted molar refractivity (Wildman–Crippen MR) is 201 cm³/mol. The van der Waals surface area contributed by atoms with Crippen LogP contribution >= 0.6 is 0 Å². The summed E-state index contributed by atoms with van der Waals surface area (Å²) in [6.07, 6.45) is 7.56. The number of fused-ring (bicyclic) bond motifs is 1. The van der Waals surface area contributed by atoms with E-state index >= 15 is 0 Å². The Kier molecular flexibility index (Phi) is 17.1. The van der Waals surface area contributed by atoms with Crippen molar-refractivity contribution in [1.82, 2.24) is 10.6 Å². The van der Waals surface area contributed by atoms with Crippen LogP contribution in [0.5, 0.6) is 11.5 Å². The fourth-order valence-electron chi connectivity index (χ4n) is 6.43. The summed E-state index contributed by atoms with van der Waals surface area (Å²) in [7, 11) is 0. The quantitative estimate of drug-likeness (QED) is 0.167. The van der Waals surface area contributed by atoms with Crippen molar-refractivity contribution in [2.75, 3.05) is 19.7 Å². The monoisotopic (exact) mass is 676 g/mol. The van der Waals surface area contributed by atoms with Crippen molar-refractivity contribution >= 4 is 5.97 Å². The van der Waals surface area contributed by atoms with E-state index in [4.69, 9.17) is 9.47 Å². The normalized spacial score (nSPS) is 16.0. The second-order valence-electron chi connectivity index (χ2n) is 13.2. The lowest BCUT2D eigenvalue weighted by molar-refractivity contribution is -0.139. The topological polar surface area (TPSA) is 79.8 Å². The minimum atomic E-state index is -0.805. The van der Waals surface area contributed by atoms with Crippen molar-refractivity contribution in [2.24, 2.45) is 0 Å².